The molecule has 1 unspecified atom stereocenters. The van der Waals surface area contributed by atoms with Crippen molar-refractivity contribution in [1.82, 2.24) is 10.2 Å². The maximum Gasteiger partial charge on any atom is 0.135 e. The van der Waals surface area contributed by atoms with E-state index in [4.69, 9.17) is 0 Å². The summed E-state index contributed by atoms with van der Waals surface area (Å²) in [7, 11) is 0. The normalized spacial score (nSPS) is 21.0. The summed E-state index contributed by atoms with van der Waals surface area (Å²) in [5, 5.41) is 8.08. The highest BCUT2D eigenvalue weighted by Gasteiger charge is 2.34. The number of alkyl halides is 1. The molecule has 5 heteroatoms. The van der Waals surface area contributed by atoms with Crippen LogP contribution in [0.25, 0.3) is 16.7 Å². The Morgan fingerprint density at radius 1 is 0.958 bits per heavy atom. The summed E-state index contributed by atoms with van der Waals surface area (Å²) >= 11 is 0. The van der Waals surface area contributed by atoms with Gasteiger partial charge in [-0.15, -0.1) is 0 Å². The molecule has 1 aliphatic rings. The molecule has 0 saturated heterocycles. The highest BCUT2D eigenvalue weighted by Crippen LogP contribution is 2.44. The Kier molecular flexibility index (Phi) is 4.03. The van der Waals surface area contributed by atoms with Crippen molar-refractivity contribution >= 4 is 5.57 Å². The average Bonchev–Trinajstić information content (AvgIpc) is 2.50. The van der Waals surface area contributed by atoms with E-state index in [0.29, 0.717) is 22.5 Å². The zero-order chi connectivity index (χ0) is 17.5. The van der Waals surface area contributed by atoms with Crippen LogP contribution in [0.3, 0.4) is 0 Å². The monoisotopic (exact) mass is 330 g/mol. The third-order valence-electron chi connectivity index (χ3n) is 4.07. The van der Waals surface area contributed by atoms with Gasteiger partial charge in [-0.05, 0) is 32.4 Å². The summed E-state index contributed by atoms with van der Waals surface area (Å²) < 4.78 is 43.2. The van der Waals surface area contributed by atoms with Gasteiger partial charge in [-0.25, -0.2) is 13.2 Å². The lowest BCUT2D eigenvalue weighted by Crippen LogP contribution is -2.20. The smallest absolute Gasteiger partial charge is 0.135 e. The van der Waals surface area contributed by atoms with E-state index in [1.54, 1.807) is 13.8 Å². The first kappa shape index (κ1) is 16.4. The summed E-state index contributed by atoms with van der Waals surface area (Å²) in [6.45, 7) is 4.54. The van der Waals surface area contributed by atoms with Crippen molar-refractivity contribution in [2.75, 3.05) is 0 Å². The van der Waals surface area contributed by atoms with Crippen LogP contribution in [0.15, 0.2) is 48.1 Å². The van der Waals surface area contributed by atoms with Crippen molar-refractivity contribution in [2.45, 2.75) is 32.9 Å². The molecule has 3 rings (SSSR count). The molecule has 1 aromatic carbocycles. The Balaban J connectivity index is 2.30. The molecule has 2 nitrogen and oxygen atoms in total. The number of allylic oxidation sites excluding steroid dienone is 4. The van der Waals surface area contributed by atoms with Gasteiger partial charge >= 0.3 is 0 Å². The Morgan fingerprint density at radius 2 is 1.54 bits per heavy atom. The van der Waals surface area contributed by atoms with Gasteiger partial charge in [0.2, 0.25) is 0 Å². The van der Waals surface area contributed by atoms with Crippen LogP contribution in [-0.4, -0.2) is 15.9 Å². The second-order valence-electron chi connectivity index (χ2n) is 6.21. The predicted molar refractivity (Wildman–Crippen MR) is 88.3 cm³/mol. The largest absolute Gasteiger partial charge is 0.239 e. The number of nitrogens with zero attached hydrogens (tertiary/aromatic N) is 2. The molecule has 2 aromatic rings. The first-order valence-corrected chi connectivity index (χ1v) is 7.66. The molecule has 0 N–H and O–H groups in total. The van der Waals surface area contributed by atoms with Gasteiger partial charge in [-0.2, -0.15) is 10.2 Å². The van der Waals surface area contributed by atoms with Gasteiger partial charge in [0.25, 0.3) is 0 Å². The summed E-state index contributed by atoms with van der Waals surface area (Å²) in [6, 6.07) is 9.22. The predicted octanol–water partition coefficient (Wildman–Crippen LogP) is 5.43. The fourth-order valence-corrected chi connectivity index (χ4v) is 3.04. The Labute approximate surface area is 138 Å². The fraction of sp³-hybridized carbons (Fsp3) is 0.263. The SMILES string of the molecule is Cc1nnc(C)c(-c2ccccc2)c1C1=C(F)CC(C)(F)C=C1F. The highest BCUT2D eigenvalue weighted by molar-refractivity contribution is 5.90. The van der Waals surface area contributed by atoms with E-state index in [9.17, 15) is 13.2 Å². The molecule has 0 saturated carbocycles. The van der Waals surface area contributed by atoms with Crippen molar-refractivity contribution in [3.8, 4) is 11.1 Å². The first-order valence-electron chi connectivity index (χ1n) is 7.66. The van der Waals surface area contributed by atoms with Gasteiger partial charge in [0, 0.05) is 17.5 Å². The Bertz CT molecular complexity index is 852. The van der Waals surface area contributed by atoms with Crippen LogP contribution in [0.5, 0.6) is 0 Å². The lowest BCUT2D eigenvalue weighted by Gasteiger charge is -2.24. The molecular formula is C19H17F3N2. The van der Waals surface area contributed by atoms with Crippen LogP contribution in [0.4, 0.5) is 13.2 Å². The highest BCUT2D eigenvalue weighted by atomic mass is 19.2. The van der Waals surface area contributed by atoms with Crippen LogP contribution in [0.2, 0.25) is 0 Å². The molecule has 1 heterocycles. The van der Waals surface area contributed by atoms with Crippen LogP contribution in [0.1, 0.15) is 30.3 Å². The third kappa shape index (κ3) is 2.86. The van der Waals surface area contributed by atoms with Gasteiger partial charge in [-0.1, -0.05) is 30.3 Å². The number of aromatic nitrogens is 2. The topological polar surface area (TPSA) is 25.8 Å². The number of benzene rings is 1. The molecule has 1 aliphatic carbocycles. The van der Waals surface area contributed by atoms with E-state index in [-0.39, 0.29) is 5.57 Å². The second-order valence-corrected chi connectivity index (χ2v) is 6.21. The summed E-state index contributed by atoms with van der Waals surface area (Å²) in [4.78, 5) is 0. The Hall–Kier alpha value is -2.43. The maximum absolute atomic E-state index is 14.6. The number of halogens is 3. The van der Waals surface area contributed by atoms with Crippen LogP contribution < -0.4 is 0 Å². The lowest BCUT2D eigenvalue weighted by atomic mass is 9.86. The molecule has 0 amide bonds. The van der Waals surface area contributed by atoms with E-state index in [0.717, 1.165) is 18.6 Å². The second kappa shape index (κ2) is 5.89. The molecule has 0 spiro atoms. The van der Waals surface area contributed by atoms with E-state index in [1.807, 2.05) is 30.3 Å². The van der Waals surface area contributed by atoms with E-state index in [1.165, 1.54) is 0 Å². The number of hydrogen-bond acceptors (Lipinski definition) is 2. The average molecular weight is 330 g/mol. The van der Waals surface area contributed by atoms with Crippen LogP contribution in [-0.2, 0) is 0 Å². The standard InChI is InChI=1S/C19H17F3N2/c1-11-16(13-7-5-4-6-8-13)17(12(2)24-23-11)18-14(20)9-19(3,22)10-15(18)21/h4-9H,10H2,1-3H3. The van der Waals surface area contributed by atoms with Gasteiger partial charge in [-0.3, -0.25) is 0 Å². The minimum absolute atomic E-state index is 0.223. The van der Waals surface area contributed by atoms with Gasteiger partial charge in [0.05, 0.1) is 17.0 Å². The Morgan fingerprint density at radius 3 is 2.12 bits per heavy atom. The fourth-order valence-electron chi connectivity index (χ4n) is 3.04. The molecular weight excluding hydrogens is 313 g/mol. The van der Waals surface area contributed by atoms with Gasteiger partial charge < -0.3 is 0 Å². The summed E-state index contributed by atoms with van der Waals surface area (Å²) in [5.41, 5.74) is 0.423. The van der Waals surface area contributed by atoms with Crippen molar-refractivity contribution < 1.29 is 13.2 Å². The van der Waals surface area contributed by atoms with Gasteiger partial charge in [0.1, 0.15) is 17.3 Å². The third-order valence-corrected chi connectivity index (χ3v) is 4.07. The van der Waals surface area contributed by atoms with Crippen molar-refractivity contribution in [2.24, 2.45) is 0 Å². The van der Waals surface area contributed by atoms with E-state index < -0.39 is 23.7 Å². The minimum atomic E-state index is -2.03. The van der Waals surface area contributed by atoms with Crippen LogP contribution >= 0.6 is 0 Å². The van der Waals surface area contributed by atoms with E-state index >= 15 is 0 Å². The zero-order valence-corrected chi connectivity index (χ0v) is 13.7. The van der Waals surface area contributed by atoms with Gasteiger partial charge in [0.15, 0.2) is 0 Å². The number of aryl methyl sites for hydroxylation is 2. The van der Waals surface area contributed by atoms with E-state index in [2.05, 4.69) is 10.2 Å². The molecule has 0 fully saturated rings. The first-order chi connectivity index (χ1) is 11.3. The van der Waals surface area contributed by atoms with Crippen LogP contribution in [0, 0.1) is 13.8 Å². The minimum Gasteiger partial charge on any atom is -0.239 e. The molecule has 1 aromatic heterocycles. The summed E-state index contributed by atoms with van der Waals surface area (Å²) in [5.74, 6) is -1.72. The summed E-state index contributed by atoms with van der Waals surface area (Å²) in [6.07, 6.45) is 0.334. The quantitative estimate of drug-likeness (QED) is 0.734. The molecule has 0 bridgehead atoms. The maximum atomic E-state index is 14.6. The zero-order valence-electron chi connectivity index (χ0n) is 13.7. The number of hydrogen-bond donors (Lipinski definition) is 0. The van der Waals surface area contributed by atoms with Crippen molar-refractivity contribution in [3.63, 3.8) is 0 Å². The van der Waals surface area contributed by atoms with Crippen molar-refractivity contribution in [3.05, 3.63) is 65.0 Å². The van der Waals surface area contributed by atoms with Crippen molar-refractivity contribution in [1.29, 1.82) is 0 Å². The molecule has 24 heavy (non-hydrogen) atoms. The molecule has 1 atom stereocenters. The molecule has 0 radical (unpaired) electrons. The lowest BCUT2D eigenvalue weighted by molar-refractivity contribution is 0.235. The molecule has 0 aliphatic heterocycles. The molecule has 124 valence electrons. The number of rotatable bonds is 2.